The van der Waals surface area contributed by atoms with Gasteiger partial charge in [0.05, 0.1) is 4.90 Å². The molecule has 0 saturated carbocycles. The number of benzene rings is 4. The quantitative estimate of drug-likeness (QED) is 0.283. The molecule has 4 aromatic rings. The predicted octanol–water partition coefficient (Wildman–Crippen LogP) is 5.54. The van der Waals surface area contributed by atoms with Crippen LogP contribution in [0.25, 0.3) is 0 Å². The molecule has 202 valence electrons. The molecule has 5 rings (SSSR count). The number of sulfonamides is 1. The minimum absolute atomic E-state index is 0.145. The number of likely N-dealkylation sites (N-methyl/N-ethyl adjacent to an activating group) is 1. The van der Waals surface area contributed by atoms with Gasteiger partial charge in [0, 0.05) is 38.8 Å². The molecule has 1 aliphatic rings. The zero-order chi connectivity index (χ0) is 27.1. The summed E-state index contributed by atoms with van der Waals surface area (Å²) in [5.74, 6) is 2.74. The first kappa shape index (κ1) is 26.9. The van der Waals surface area contributed by atoms with Gasteiger partial charge in [0.1, 0.15) is 23.0 Å². The number of ether oxygens (including phenoxy) is 2. The van der Waals surface area contributed by atoms with Gasteiger partial charge in [-0.15, -0.1) is 0 Å². The fourth-order valence-electron chi connectivity index (χ4n) is 4.58. The van der Waals surface area contributed by atoms with Crippen LogP contribution >= 0.6 is 0 Å². The molecule has 0 amide bonds. The van der Waals surface area contributed by atoms with Crippen LogP contribution in [0.4, 0.5) is 0 Å². The molecule has 1 heterocycles. The van der Waals surface area contributed by atoms with Crippen molar-refractivity contribution in [1.29, 1.82) is 0 Å². The Hall–Kier alpha value is -3.69. The number of piperazine rings is 1. The molecule has 0 aromatic heterocycles. The molecule has 1 atom stereocenters. The molecule has 8 heteroatoms. The van der Waals surface area contributed by atoms with E-state index >= 15 is 0 Å². The summed E-state index contributed by atoms with van der Waals surface area (Å²) in [7, 11) is -1.63. The summed E-state index contributed by atoms with van der Waals surface area (Å²) in [4.78, 5) is 4.81. The Morgan fingerprint density at radius 2 is 1.23 bits per heavy atom. The van der Waals surface area contributed by atoms with E-state index < -0.39 is 10.0 Å². The Balaban J connectivity index is 1.32. The summed E-state index contributed by atoms with van der Waals surface area (Å²) in [5.41, 5.74) is 1.00. The van der Waals surface area contributed by atoms with Gasteiger partial charge in [0.15, 0.2) is 0 Å². The fraction of sp³-hybridized carbons (Fsp3) is 0.226. The van der Waals surface area contributed by atoms with Crippen molar-refractivity contribution in [3.05, 3.63) is 115 Å². The molecule has 4 aromatic carbocycles. The number of nitrogens with zero attached hydrogens (tertiary/aromatic N) is 2. The van der Waals surface area contributed by atoms with Crippen LogP contribution in [-0.2, 0) is 10.0 Å². The van der Waals surface area contributed by atoms with Gasteiger partial charge >= 0.3 is 0 Å². The minimum Gasteiger partial charge on any atom is -0.457 e. The van der Waals surface area contributed by atoms with E-state index in [1.165, 1.54) is 0 Å². The van der Waals surface area contributed by atoms with E-state index in [-0.39, 0.29) is 17.5 Å². The van der Waals surface area contributed by atoms with E-state index in [1.807, 2.05) is 84.9 Å². The smallest absolute Gasteiger partial charge is 0.240 e. The molecule has 0 spiro atoms. The van der Waals surface area contributed by atoms with Crippen molar-refractivity contribution in [2.75, 3.05) is 39.8 Å². The Kier molecular flexibility index (Phi) is 8.58. The molecule has 39 heavy (non-hydrogen) atoms. The van der Waals surface area contributed by atoms with Gasteiger partial charge in [0.2, 0.25) is 10.0 Å². The maximum atomic E-state index is 13.3. The maximum absolute atomic E-state index is 13.3. The lowest BCUT2D eigenvalue weighted by molar-refractivity contribution is 0.112. The van der Waals surface area contributed by atoms with Crippen molar-refractivity contribution in [3.63, 3.8) is 0 Å². The van der Waals surface area contributed by atoms with Crippen molar-refractivity contribution in [1.82, 2.24) is 14.5 Å². The molecule has 0 aliphatic carbocycles. The summed E-state index contributed by atoms with van der Waals surface area (Å²) in [6, 6.07) is 33.3. The lowest BCUT2D eigenvalue weighted by Gasteiger charge is -2.38. The molecule has 1 N–H and O–H groups in total. The number of para-hydroxylation sites is 2. The van der Waals surface area contributed by atoms with Crippen LogP contribution < -0.4 is 14.2 Å². The summed E-state index contributed by atoms with van der Waals surface area (Å²) in [6.45, 7) is 3.78. The molecule has 0 radical (unpaired) electrons. The van der Waals surface area contributed by atoms with Gasteiger partial charge in [-0.05, 0) is 73.3 Å². The van der Waals surface area contributed by atoms with Crippen LogP contribution in [0, 0.1) is 0 Å². The highest BCUT2D eigenvalue weighted by atomic mass is 32.2. The standard InChI is InChI=1S/C31H33N3O4S/c1-33-19-21-34(22-20-33)31(25-9-8-14-29(23-25)38-27-12-6-3-7-13-27)24-32-39(35,36)30-17-15-28(16-18-30)37-26-10-4-2-5-11-26/h2-18,23,31-32H,19-22,24H2,1H3. The van der Waals surface area contributed by atoms with Crippen molar-refractivity contribution < 1.29 is 17.9 Å². The predicted molar refractivity (Wildman–Crippen MR) is 153 cm³/mol. The third kappa shape index (κ3) is 7.25. The number of nitrogens with one attached hydrogen (secondary N) is 1. The monoisotopic (exact) mass is 543 g/mol. The highest BCUT2D eigenvalue weighted by molar-refractivity contribution is 7.89. The van der Waals surface area contributed by atoms with E-state index in [4.69, 9.17) is 9.47 Å². The normalized spacial score (nSPS) is 15.5. The van der Waals surface area contributed by atoms with Crippen LogP contribution in [0.15, 0.2) is 114 Å². The second-order valence-electron chi connectivity index (χ2n) is 9.58. The first-order valence-electron chi connectivity index (χ1n) is 13.0. The summed E-state index contributed by atoms with van der Waals surface area (Å²) in [6.07, 6.45) is 0. The molecular weight excluding hydrogens is 510 g/mol. The van der Waals surface area contributed by atoms with Gasteiger partial charge < -0.3 is 14.4 Å². The van der Waals surface area contributed by atoms with Crippen molar-refractivity contribution >= 4 is 10.0 Å². The Labute approximate surface area is 230 Å². The second-order valence-corrected chi connectivity index (χ2v) is 11.3. The molecule has 0 bridgehead atoms. The molecule has 1 fully saturated rings. The summed E-state index contributed by atoms with van der Waals surface area (Å²) >= 11 is 0. The van der Waals surface area contributed by atoms with Crippen LogP contribution in [-0.4, -0.2) is 58.0 Å². The highest BCUT2D eigenvalue weighted by Gasteiger charge is 2.26. The van der Waals surface area contributed by atoms with E-state index in [2.05, 4.69) is 21.6 Å². The Morgan fingerprint density at radius 3 is 1.85 bits per heavy atom. The summed E-state index contributed by atoms with van der Waals surface area (Å²) in [5, 5.41) is 0. The van der Waals surface area contributed by atoms with Crippen LogP contribution in [0.2, 0.25) is 0 Å². The van der Waals surface area contributed by atoms with E-state index in [1.54, 1.807) is 24.3 Å². The molecular formula is C31H33N3O4S. The first-order valence-corrected chi connectivity index (χ1v) is 14.5. The molecule has 1 aliphatic heterocycles. The van der Waals surface area contributed by atoms with E-state index in [0.717, 1.165) is 43.2 Å². The van der Waals surface area contributed by atoms with E-state index in [0.29, 0.717) is 11.5 Å². The number of hydrogen-bond donors (Lipinski definition) is 1. The second kappa shape index (κ2) is 12.4. The third-order valence-corrected chi connectivity index (χ3v) is 8.22. The van der Waals surface area contributed by atoms with Crippen LogP contribution in [0.5, 0.6) is 23.0 Å². The molecule has 7 nitrogen and oxygen atoms in total. The molecule has 1 unspecified atom stereocenters. The van der Waals surface area contributed by atoms with Crippen molar-refractivity contribution in [3.8, 4) is 23.0 Å². The Morgan fingerprint density at radius 1 is 0.692 bits per heavy atom. The van der Waals surface area contributed by atoms with Crippen molar-refractivity contribution in [2.24, 2.45) is 0 Å². The zero-order valence-electron chi connectivity index (χ0n) is 21.9. The average molecular weight is 544 g/mol. The summed E-state index contributed by atoms with van der Waals surface area (Å²) < 4.78 is 41.3. The lowest BCUT2D eigenvalue weighted by Crippen LogP contribution is -2.48. The van der Waals surface area contributed by atoms with E-state index in [9.17, 15) is 8.42 Å². The lowest BCUT2D eigenvalue weighted by atomic mass is 10.0. The fourth-order valence-corrected chi connectivity index (χ4v) is 5.62. The zero-order valence-corrected chi connectivity index (χ0v) is 22.8. The third-order valence-electron chi connectivity index (χ3n) is 6.78. The number of hydrogen-bond acceptors (Lipinski definition) is 6. The highest BCUT2D eigenvalue weighted by Crippen LogP contribution is 2.29. The van der Waals surface area contributed by atoms with Gasteiger partial charge in [0.25, 0.3) is 0 Å². The number of rotatable bonds is 10. The van der Waals surface area contributed by atoms with Gasteiger partial charge in [-0.1, -0.05) is 48.5 Å². The van der Waals surface area contributed by atoms with Crippen LogP contribution in [0.1, 0.15) is 11.6 Å². The minimum atomic E-state index is -3.73. The molecule has 1 saturated heterocycles. The Bertz CT molecular complexity index is 1440. The topological polar surface area (TPSA) is 71.1 Å². The first-order chi connectivity index (χ1) is 19.0. The van der Waals surface area contributed by atoms with Gasteiger partial charge in [-0.25, -0.2) is 13.1 Å². The largest absolute Gasteiger partial charge is 0.457 e. The SMILES string of the molecule is CN1CCN(C(CNS(=O)(=O)c2ccc(Oc3ccccc3)cc2)c2cccc(Oc3ccccc3)c2)CC1. The maximum Gasteiger partial charge on any atom is 0.240 e. The average Bonchev–Trinajstić information content (AvgIpc) is 2.96. The van der Waals surface area contributed by atoms with Crippen LogP contribution in [0.3, 0.4) is 0 Å². The van der Waals surface area contributed by atoms with Gasteiger partial charge in [-0.3, -0.25) is 4.90 Å². The van der Waals surface area contributed by atoms with Crippen molar-refractivity contribution in [2.45, 2.75) is 10.9 Å². The van der Waals surface area contributed by atoms with Gasteiger partial charge in [-0.2, -0.15) is 0 Å².